The van der Waals surface area contributed by atoms with Crippen LogP contribution in [0.15, 0.2) is 24.3 Å². The predicted octanol–water partition coefficient (Wildman–Crippen LogP) is 4.56. The summed E-state index contributed by atoms with van der Waals surface area (Å²) in [6.07, 6.45) is 3.72. The molecule has 0 bridgehead atoms. The van der Waals surface area contributed by atoms with E-state index >= 15 is 0 Å². The summed E-state index contributed by atoms with van der Waals surface area (Å²) in [4.78, 5) is 5.11. The highest BCUT2D eigenvalue weighted by atomic mass is 35.5. The summed E-state index contributed by atoms with van der Waals surface area (Å²) in [5, 5.41) is 5.49. The molecule has 1 aliphatic rings. The molecule has 1 saturated heterocycles. The molecule has 1 aromatic carbocycles. The SMILES string of the molecule is CCn1nc(C)c(CN(C)CC2CCN(CCc3ccc(Cl)cc3)CC2)c1C. The average Bonchev–Trinajstić information content (AvgIpc) is 2.96. The summed E-state index contributed by atoms with van der Waals surface area (Å²) in [5.41, 5.74) is 5.29. The zero-order valence-corrected chi connectivity index (χ0v) is 18.7. The Labute approximate surface area is 175 Å². The smallest absolute Gasteiger partial charge is 0.0641 e. The van der Waals surface area contributed by atoms with Gasteiger partial charge in [0.1, 0.15) is 0 Å². The summed E-state index contributed by atoms with van der Waals surface area (Å²) in [6, 6.07) is 8.28. The van der Waals surface area contributed by atoms with E-state index in [1.54, 1.807) is 0 Å². The van der Waals surface area contributed by atoms with Crippen LogP contribution in [-0.2, 0) is 19.5 Å². The topological polar surface area (TPSA) is 24.3 Å². The fraction of sp³-hybridized carbons (Fsp3) is 0.609. The molecule has 0 N–H and O–H groups in total. The van der Waals surface area contributed by atoms with Crippen molar-refractivity contribution in [3.05, 3.63) is 51.8 Å². The van der Waals surface area contributed by atoms with Crippen molar-refractivity contribution in [2.24, 2.45) is 5.92 Å². The third-order valence-electron chi connectivity index (χ3n) is 6.17. The van der Waals surface area contributed by atoms with Crippen LogP contribution in [0.4, 0.5) is 0 Å². The Hall–Kier alpha value is -1.36. The van der Waals surface area contributed by atoms with Crippen LogP contribution in [0, 0.1) is 19.8 Å². The highest BCUT2D eigenvalue weighted by Crippen LogP contribution is 2.21. The maximum atomic E-state index is 5.98. The van der Waals surface area contributed by atoms with Crippen LogP contribution in [0.5, 0.6) is 0 Å². The molecule has 5 heteroatoms. The van der Waals surface area contributed by atoms with Crippen molar-refractivity contribution in [1.29, 1.82) is 0 Å². The Morgan fingerprint density at radius 1 is 1.14 bits per heavy atom. The van der Waals surface area contributed by atoms with E-state index in [-0.39, 0.29) is 0 Å². The Balaban J connectivity index is 1.41. The van der Waals surface area contributed by atoms with Gasteiger partial charge in [-0.3, -0.25) is 4.68 Å². The van der Waals surface area contributed by atoms with E-state index in [1.165, 1.54) is 55.0 Å². The van der Waals surface area contributed by atoms with Crippen LogP contribution in [-0.4, -0.2) is 52.8 Å². The molecule has 1 fully saturated rings. The third-order valence-corrected chi connectivity index (χ3v) is 6.42. The molecular weight excluding hydrogens is 368 g/mol. The number of hydrogen-bond donors (Lipinski definition) is 0. The van der Waals surface area contributed by atoms with Crippen molar-refractivity contribution < 1.29 is 0 Å². The van der Waals surface area contributed by atoms with Gasteiger partial charge in [-0.25, -0.2) is 0 Å². The number of halogens is 1. The first-order chi connectivity index (χ1) is 13.5. The Morgan fingerprint density at radius 2 is 1.82 bits per heavy atom. The Morgan fingerprint density at radius 3 is 2.43 bits per heavy atom. The first-order valence-corrected chi connectivity index (χ1v) is 11.0. The van der Waals surface area contributed by atoms with Crippen LogP contribution in [0.3, 0.4) is 0 Å². The van der Waals surface area contributed by atoms with Crippen LogP contribution in [0.25, 0.3) is 0 Å². The van der Waals surface area contributed by atoms with E-state index in [0.717, 1.165) is 37.0 Å². The summed E-state index contributed by atoms with van der Waals surface area (Å²) >= 11 is 5.98. The number of hydrogen-bond acceptors (Lipinski definition) is 3. The molecule has 1 aliphatic heterocycles. The Bertz CT molecular complexity index is 745. The number of nitrogens with zero attached hydrogens (tertiary/aromatic N) is 4. The van der Waals surface area contributed by atoms with E-state index in [1.807, 2.05) is 12.1 Å². The van der Waals surface area contributed by atoms with E-state index in [9.17, 15) is 0 Å². The normalized spacial score (nSPS) is 16.2. The molecule has 3 rings (SSSR count). The fourth-order valence-electron chi connectivity index (χ4n) is 4.38. The van der Waals surface area contributed by atoms with Crippen molar-refractivity contribution in [2.45, 2.75) is 53.1 Å². The largest absolute Gasteiger partial charge is 0.303 e. The van der Waals surface area contributed by atoms with Gasteiger partial charge in [0.2, 0.25) is 0 Å². The van der Waals surface area contributed by atoms with Gasteiger partial charge in [0, 0.05) is 42.5 Å². The number of piperidine rings is 1. The molecule has 154 valence electrons. The highest BCUT2D eigenvalue weighted by Gasteiger charge is 2.21. The van der Waals surface area contributed by atoms with E-state index in [2.05, 4.69) is 59.5 Å². The van der Waals surface area contributed by atoms with Gasteiger partial charge in [-0.05, 0) is 83.8 Å². The van der Waals surface area contributed by atoms with Gasteiger partial charge in [-0.1, -0.05) is 23.7 Å². The van der Waals surface area contributed by atoms with Gasteiger partial charge >= 0.3 is 0 Å². The van der Waals surface area contributed by atoms with Crippen molar-refractivity contribution in [3.63, 3.8) is 0 Å². The van der Waals surface area contributed by atoms with Crippen molar-refractivity contribution in [2.75, 3.05) is 33.2 Å². The molecule has 0 aliphatic carbocycles. The molecule has 0 saturated carbocycles. The number of likely N-dealkylation sites (tertiary alicyclic amines) is 1. The highest BCUT2D eigenvalue weighted by molar-refractivity contribution is 6.30. The number of benzene rings is 1. The molecule has 4 nitrogen and oxygen atoms in total. The molecule has 0 radical (unpaired) electrons. The average molecular weight is 403 g/mol. The lowest BCUT2D eigenvalue weighted by atomic mass is 9.95. The first kappa shape index (κ1) is 21.4. The molecule has 2 aromatic rings. The van der Waals surface area contributed by atoms with Gasteiger partial charge in [-0.15, -0.1) is 0 Å². The van der Waals surface area contributed by atoms with Gasteiger partial charge < -0.3 is 9.80 Å². The lowest BCUT2D eigenvalue weighted by Gasteiger charge is -2.34. The summed E-state index contributed by atoms with van der Waals surface area (Å²) < 4.78 is 2.12. The van der Waals surface area contributed by atoms with Gasteiger partial charge in [0.05, 0.1) is 5.69 Å². The van der Waals surface area contributed by atoms with E-state index < -0.39 is 0 Å². The molecule has 0 amide bonds. The maximum absolute atomic E-state index is 5.98. The van der Waals surface area contributed by atoms with Crippen molar-refractivity contribution in [1.82, 2.24) is 19.6 Å². The van der Waals surface area contributed by atoms with Gasteiger partial charge in [0.25, 0.3) is 0 Å². The second-order valence-electron chi connectivity index (χ2n) is 8.32. The van der Waals surface area contributed by atoms with Crippen molar-refractivity contribution in [3.8, 4) is 0 Å². The molecular formula is C23H35ClN4. The second kappa shape index (κ2) is 9.91. The third kappa shape index (κ3) is 5.59. The summed E-state index contributed by atoms with van der Waals surface area (Å²) in [5.74, 6) is 0.804. The van der Waals surface area contributed by atoms with E-state index in [0.29, 0.717) is 0 Å². The quantitative estimate of drug-likeness (QED) is 0.646. The zero-order valence-electron chi connectivity index (χ0n) is 17.9. The lowest BCUT2D eigenvalue weighted by Crippen LogP contribution is -2.38. The minimum absolute atomic E-state index is 0.804. The number of aromatic nitrogens is 2. The van der Waals surface area contributed by atoms with Crippen LogP contribution >= 0.6 is 11.6 Å². The summed E-state index contributed by atoms with van der Waals surface area (Å²) in [6.45, 7) is 13.2. The molecule has 28 heavy (non-hydrogen) atoms. The minimum Gasteiger partial charge on any atom is -0.303 e. The second-order valence-corrected chi connectivity index (χ2v) is 8.76. The molecule has 1 aromatic heterocycles. The summed E-state index contributed by atoms with van der Waals surface area (Å²) in [7, 11) is 2.26. The molecule has 0 spiro atoms. The number of rotatable bonds is 8. The first-order valence-electron chi connectivity index (χ1n) is 10.6. The van der Waals surface area contributed by atoms with Crippen LogP contribution in [0.1, 0.15) is 42.3 Å². The maximum Gasteiger partial charge on any atom is 0.0641 e. The fourth-order valence-corrected chi connectivity index (χ4v) is 4.50. The zero-order chi connectivity index (χ0) is 20.1. The minimum atomic E-state index is 0.804. The van der Waals surface area contributed by atoms with Crippen molar-refractivity contribution >= 4 is 11.6 Å². The molecule has 2 heterocycles. The predicted molar refractivity (Wildman–Crippen MR) is 118 cm³/mol. The molecule has 0 atom stereocenters. The lowest BCUT2D eigenvalue weighted by molar-refractivity contribution is 0.153. The van der Waals surface area contributed by atoms with Gasteiger partial charge in [-0.2, -0.15) is 5.10 Å². The van der Waals surface area contributed by atoms with Crippen LogP contribution in [0.2, 0.25) is 5.02 Å². The molecule has 0 unspecified atom stereocenters. The van der Waals surface area contributed by atoms with E-state index in [4.69, 9.17) is 11.6 Å². The monoisotopic (exact) mass is 402 g/mol. The van der Waals surface area contributed by atoms with Crippen LogP contribution < -0.4 is 0 Å². The number of aryl methyl sites for hydroxylation is 2. The Kier molecular flexibility index (Phi) is 7.55. The van der Waals surface area contributed by atoms with Gasteiger partial charge in [0.15, 0.2) is 0 Å². The standard InChI is InChI=1S/C23H35ClN4/c1-5-28-19(3)23(18(2)25-28)17-26(4)16-21-11-14-27(15-12-21)13-10-20-6-8-22(24)9-7-20/h6-9,21H,5,10-17H2,1-4H3.